The molecule has 3 nitrogen and oxygen atoms in total. The topological polar surface area (TPSA) is 33.9 Å². The Morgan fingerprint density at radius 1 is 1.47 bits per heavy atom. The first kappa shape index (κ1) is 12.9. The Kier molecular flexibility index (Phi) is 4.56. The molecule has 90 valence electrons. The van der Waals surface area contributed by atoms with Crippen LogP contribution in [0.2, 0.25) is 0 Å². The van der Waals surface area contributed by atoms with Crippen molar-refractivity contribution >= 4 is 0 Å². The highest BCUT2D eigenvalue weighted by Crippen LogP contribution is 2.16. The van der Waals surface area contributed by atoms with Crippen molar-refractivity contribution < 1.29 is 15.0 Å². The molecule has 1 aliphatic heterocycles. The highest BCUT2D eigenvalue weighted by atomic mass is 16.5. The molecule has 0 aromatic rings. The van der Waals surface area contributed by atoms with Gasteiger partial charge in [-0.15, -0.1) is 0 Å². The average Bonchev–Trinajstić information content (AvgIpc) is 2.66. The zero-order chi connectivity index (χ0) is 11.5. The Morgan fingerprint density at radius 2 is 2.13 bits per heavy atom. The molecule has 0 bridgehead atoms. The third kappa shape index (κ3) is 3.44. The molecule has 2 unspecified atom stereocenters. The number of hydrogen-bond acceptors (Lipinski definition) is 2. The zero-order valence-corrected chi connectivity index (χ0v) is 10.5. The van der Waals surface area contributed by atoms with Gasteiger partial charge in [0.05, 0.1) is 0 Å². The Hall–Kier alpha value is -0.120. The highest BCUT2D eigenvalue weighted by Gasteiger charge is 2.34. The SMILES string of the molecule is CC(C)C(C)(C)[NH+](O)CCC1CCOC1. The predicted molar refractivity (Wildman–Crippen MR) is 60.1 cm³/mol. The van der Waals surface area contributed by atoms with E-state index in [2.05, 4.69) is 27.7 Å². The van der Waals surface area contributed by atoms with Crippen molar-refractivity contribution in [1.29, 1.82) is 0 Å². The van der Waals surface area contributed by atoms with Crippen LogP contribution in [0.5, 0.6) is 0 Å². The molecular weight excluding hydrogens is 190 g/mol. The van der Waals surface area contributed by atoms with Gasteiger partial charge in [-0.3, -0.25) is 0 Å². The van der Waals surface area contributed by atoms with E-state index in [0.29, 0.717) is 16.9 Å². The zero-order valence-electron chi connectivity index (χ0n) is 10.5. The van der Waals surface area contributed by atoms with Crippen molar-refractivity contribution in [2.75, 3.05) is 19.8 Å². The fourth-order valence-corrected chi connectivity index (χ4v) is 1.81. The molecule has 1 aliphatic rings. The van der Waals surface area contributed by atoms with Crippen LogP contribution in [0.25, 0.3) is 0 Å². The van der Waals surface area contributed by atoms with Crippen molar-refractivity contribution in [2.24, 2.45) is 11.8 Å². The van der Waals surface area contributed by atoms with Gasteiger partial charge in [0, 0.05) is 25.6 Å². The van der Waals surface area contributed by atoms with Gasteiger partial charge in [-0.1, -0.05) is 13.8 Å². The van der Waals surface area contributed by atoms with Gasteiger partial charge >= 0.3 is 0 Å². The quantitative estimate of drug-likeness (QED) is 0.675. The summed E-state index contributed by atoms with van der Waals surface area (Å²) in [5.74, 6) is 1.15. The monoisotopic (exact) mass is 216 g/mol. The first-order chi connectivity index (χ1) is 6.94. The molecule has 3 heteroatoms. The molecule has 0 amide bonds. The molecule has 0 aromatic heterocycles. The van der Waals surface area contributed by atoms with Crippen molar-refractivity contribution in [1.82, 2.24) is 0 Å². The Morgan fingerprint density at radius 3 is 2.60 bits per heavy atom. The molecule has 0 spiro atoms. The van der Waals surface area contributed by atoms with Gasteiger partial charge in [-0.2, -0.15) is 5.06 Å². The summed E-state index contributed by atoms with van der Waals surface area (Å²) in [7, 11) is 0. The van der Waals surface area contributed by atoms with Gasteiger partial charge in [0.2, 0.25) is 0 Å². The number of nitrogens with one attached hydrogen (secondary N) is 1. The summed E-state index contributed by atoms with van der Waals surface area (Å²) in [6.45, 7) is 11.2. The summed E-state index contributed by atoms with van der Waals surface area (Å²) in [5.41, 5.74) is -0.0561. The van der Waals surface area contributed by atoms with E-state index >= 15 is 0 Å². The molecule has 1 rings (SSSR count). The smallest absolute Gasteiger partial charge is 0.124 e. The van der Waals surface area contributed by atoms with E-state index < -0.39 is 0 Å². The van der Waals surface area contributed by atoms with Crippen LogP contribution in [-0.4, -0.2) is 30.5 Å². The summed E-state index contributed by atoms with van der Waals surface area (Å²) < 4.78 is 5.33. The minimum atomic E-state index is -0.0561. The highest BCUT2D eigenvalue weighted by molar-refractivity contribution is 4.70. The molecular formula is C12H26NO2+. The van der Waals surface area contributed by atoms with Gasteiger partial charge in [0.15, 0.2) is 0 Å². The van der Waals surface area contributed by atoms with Crippen LogP contribution in [0, 0.1) is 11.8 Å². The minimum Gasteiger partial charge on any atom is -0.381 e. The van der Waals surface area contributed by atoms with E-state index in [-0.39, 0.29) is 5.54 Å². The third-order valence-corrected chi connectivity index (χ3v) is 4.00. The molecule has 15 heavy (non-hydrogen) atoms. The summed E-state index contributed by atoms with van der Waals surface area (Å²) >= 11 is 0. The maximum absolute atomic E-state index is 10.1. The van der Waals surface area contributed by atoms with E-state index in [1.807, 2.05) is 0 Å². The van der Waals surface area contributed by atoms with Crippen molar-refractivity contribution in [2.45, 2.75) is 46.1 Å². The lowest BCUT2D eigenvalue weighted by molar-refractivity contribution is -1.13. The normalized spacial score (nSPS) is 24.8. The van der Waals surface area contributed by atoms with Crippen LogP contribution in [0.1, 0.15) is 40.5 Å². The summed E-state index contributed by atoms with van der Waals surface area (Å²) in [4.78, 5) is 0. The van der Waals surface area contributed by atoms with Gasteiger partial charge < -0.3 is 4.74 Å². The molecule has 0 radical (unpaired) electrons. The van der Waals surface area contributed by atoms with Gasteiger partial charge in [0.1, 0.15) is 12.1 Å². The second kappa shape index (κ2) is 5.28. The fraction of sp³-hybridized carbons (Fsp3) is 1.00. The second-order valence-corrected chi connectivity index (χ2v) is 5.59. The van der Waals surface area contributed by atoms with E-state index in [1.165, 1.54) is 0 Å². The fourth-order valence-electron chi connectivity index (χ4n) is 1.81. The lowest BCUT2D eigenvalue weighted by Gasteiger charge is -2.33. The van der Waals surface area contributed by atoms with Gasteiger partial charge in [-0.25, -0.2) is 5.21 Å². The molecule has 2 N–H and O–H groups in total. The lowest BCUT2D eigenvalue weighted by atomic mass is 9.90. The lowest BCUT2D eigenvalue weighted by Crippen LogP contribution is -3.18. The molecule has 0 saturated carbocycles. The number of hydrogen-bond donors (Lipinski definition) is 2. The standard InChI is InChI=1S/C12H25NO2/c1-10(2)12(3,4)13(14)7-5-11-6-8-15-9-11/h10-11,14H,5-9H2,1-4H3/p+1. The van der Waals surface area contributed by atoms with Crippen LogP contribution in [0.3, 0.4) is 0 Å². The summed E-state index contributed by atoms with van der Waals surface area (Å²) in [5, 5.41) is 10.7. The van der Waals surface area contributed by atoms with Crippen LogP contribution in [0.4, 0.5) is 0 Å². The summed E-state index contributed by atoms with van der Waals surface area (Å²) in [6, 6.07) is 0. The van der Waals surface area contributed by atoms with Crippen LogP contribution in [-0.2, 0) is 4.74 Å². The number of quaternary nitrogens is 1. The summed E-state index contributed by atoms with van der Waals surface area (Å²) in [6.07, 6.45) is 2.23. The molecule has 1 saturated heterocycles. The maximum atomic E-state index is 10.1. The number of hydroxylamine groups is 2. The molecule has 1 heterocycles. The molecule has 0 aromatic carbocycles. The number of rotatable bonds is 5. The Bertz CT molecular complexity index is 186. The van der Waals surface area contributed by atoms with E-state index in [1.54, 1.807) is 0 Å². The van der Waals surface area contributed by atoms with Crippen LogP contribution >= 0.6 is 0 Å². The molecule has 0 aliphatic carbocycles. The first-order valence-electron chi connectivity index (χ1n) is 6.07. The van der Waals surface area contributed by atoms with Crippen molar-refractivity contribution in [3.63, 3.8) is 0 Å². The third-order valence-electron chi connectivity index (χ3n) is 4.00. The second-order valence-electron chi connectivity index (χ2n) is 5.59. The molecule has 1 fully saturated rings. The predicted octanol–water partition coefficient (Wildman–Crippen LogP) is 1.12. The minimum absolute atomic E-state index is 0.0561. The van der Waals surface area contributed by atoms with E-state index in [0.717, 1.165) is 32.6 Å². The van der Waals surface area contributed by atoms with E-state index in [4.69, 9.17) is 4.74 Å². The Labute approximate surface area is 93.4 Å². The van der Waals surface area contributed by atoms with Crippen LogP contribution < -0.4 is 5.06 Å². The van der Waals surface area contributed by atoms with E-state index in [9.17, 15) is 5.21 Å². The first-order valence-corrected chi connectivity index (χ1v) is 6.07. The molecule has 2 atom stereocenters. The van der Waals surface area contributed by atoms with Crippen LogP contribution in [0.15, 0.2) is 0 Å². The van der Waals surface area contributed by atoms with Gasteiger partial charge in [-0.05, 0) is 26.2 Å². The van der Waals surface area contributed by atoms with Crippen molar-refractivity contribution in [3.8, 4) is 0 Å². The van der Waals surface area contributed by atoms with Crippen molar-refractivity contribution in [3.05, 3.63) is 0 Å². The maximum Gasteiger partial charge on any atom is 0.124 e. The average molecular weight is 216 g/mol. The Balaban J connectivity index is 2.31. The largest absolute Gasteiger partial charge is 0.381 e. The van der Waals surface area contributed by atoms with Gasteiger partial charge in [0.25, 0.3) is 0 Å². The number of ether oxygens (including phenoxy) is 1.